The zero-order chi connectivity index (χ0) is 13.5. The van der Waals surface area contributed by atoms with Crippen molar-refractivity contribution >= 4 is 5.97 Å². The van der Waals surface area contributed by atoms with Crippen LogP contribution in [0.1, 0.15) is 12.0 Å². The number of nitrogens with one attached hydrogen (secondary N) is 2. The predicted molar refractivity (Wildman–Crippen MR) is 70.2 cm³/mol. The molecule has 100 valence electrons. The Hall–Kier alpha value is -2.21. The first kappa shape index (κ1) is 13.2. The van der Waals surface area contributed by atoms with Gasteiger partial charge in [0.15, 0.2) is 0 Å². The summed E-state index contributed by atoms with van der Waals surface area (Å²) in [7, 11) is 1.39. The Labute approximate surface area is 111 Å². The van der Waals surface area contributed by atoms with E-state index < -0.39 is 0 Å². The monoisotopic (exact) mass is 260 g/mol. The van der Waals surface area contributed by atoms with Gasteiger partial charge in [-0.05, 0) is 12.1 Å². The van der Waals surface area contributed by atoms with Gasteiger partial charge in [0.05, 0.1) is 25.4 Å². The minimum absolute atomic E-state index is 0.216. The quantitative estimate of drug-likeness (QED) is 0.601. The average molecular weight is 260 g/mol. The molecule has 2 heterocycles. The number of aromatic nitrogens is 3. The van der Waals surface area contributed by atoms with Crippen molar-refractivity contribution < 1.29 is 9.53 Å². The highest BCUT2D eigenvalue weighted by Gasteiger charge is 2.07. The summed E-state index contributed by atoms with van der Waals surface area (Å²) in [6.45, 7) is 1.21. The Morgan fingerprint density at radius 2 is 2.37 bits per heavy atom. The van der Waals surface area contributed by atoms with Gasteiger partial charge >= 0.3 is 5.97 Å². The van der Waals surface area contributed by atoms with E-state index >= 15 is 0 Å². The van der Waals surface area contributed by atoms with E-state index in [2.05, 4.69) is 25.2 Å². The summed E-state index contributed by atoms with van der Waals surface area (Å²) in [5.74, 6) is -0.216. The molecule has 0 atom stereocenters. The van der Waals surface area contributed by atoms with Gasteiger partial charge in [0.2, 0.25) is 0 Å². The number of rotatable bonds is 6. The van der Waals surface area contributed by atoms with Crippen molar-refractivity contribution in [3.05, 3.63) is 36.3 Å². The molecule has 2 aromatic rings. The molecule has 2 rings (SSSR count). The fourth-order valence-electron chi connectivity index (χ4n) is 1.72. The van der Waals surface area contributed by atoms with Crippen molar-refractivity contribution in [1.29, 1.82) is 0 Å². The first-order chi connectivity index (χ1) is 9.31. The first-order valence-electron chi connectivity index (χ1n) is 6.01. The number of nitrogens with zero attached hydrogens (tertiary/aromatic N) is 2. The van der Waals surface area contributed by atoms with Gasteiger partial charge in [-0.25, -0.2) is 0 Å². The Kier molecular flexibility index (Phi) is 4.63. The molecule has 2 aromatic heterocycles. The Morgan fingerprint density at radius 3 is 3.11 bits per heavy atom. The second-order valence-electron chi connectivity index (χ2n) is 4.01. The maximum absolute atomic E-state index is 11.0. The highest BCUT2D eigenvalue weighted by Crippen LogP contribution is 2.19. The van der Waals surface area contributed by atoms with Crippen molar-refractivity contribution in [2.45, 2.75) is 13.0 Å². The molecule has 0 spiro atoms. The van der Waals surface area contributed by atoms with Gasteiger partial charge in [-0.3, -0.25) is 14.9 Å². The predicted octanol–water partition coefficient (Wildman–Crippen LogP) is 1.12. The molecule has 19 heavy (non-hydrogen) atoms. The minimum atomic E-state index is -0.216. The summed E-state index contributed by atoms with van der Waals surface area (Å²) in [6, 6.07) is 3.85. The molecule has 0 saturated carbocycles. The summed E-state index contributed by atoms with van der Waals surface area (Å²) in [4.78, 5) is 15.1. The Morgan fingerprint density at radius 1 is 1.47 bits per heavy atom. The van der Waals surface area contributed by atoms with Gasteiger partial charge in [0, 0.05) is 36.6 Å². The topological polar surface area (TPSA) is 79.9 Å². The minimum Gasteiger partial charge on any atom is -0.469 e. The summed E-state index contributed by atoms with van der Waals surface area (Å²) < 4.78 is 4.57. The second-order valence-corrected chi connectivity index (χ2v) is 4.01. The number of esters is 1. The summed E-state index contributed by atoms with van der Waals surface area (Å²) >= 11 is 0. The van der Waals surface area contributed by atoms with Crippen LogP contribution >= 0.6 is 0 Å². The van der Waals surface area contributed by atoms with E-state index in [1.54, 1.807) is 18.6 Å². The van der Waals surface area contributed by atoms with E-state index in [4.69, 9.17) is 0 Å². The third kappa shape index (κ3) is 3.62. The molecule has 0 aromatic carbocycles. The van der Waals surface area contributed by atoms with Crippen LogP contribution < -0.4 is 5.32 Å². The molecule has 0 saturated heterocycles. The number of methoxy groups -OCH3 is 1. The lowest BCUT2D eigenvalue weighted by molar-refractivity contribution is -0.140. The van der Waals surface area contributed by atoms with Crippen molar-refractivity contribution in [2.75, 3.05) is 13.7 Å². The highest BCUT2D eigenvalue weighted by atomic mass is 16.5. The van der Waals surface area contributed by atoms with E-state index in [-0.39, 0.29) is 5.97 Å². The molecule has 0 unspecified atom stereocenters. The molecule has 0 aliphatic rings. The van der Waals surface area contributed by atoms with Crippen molar-refractivity contribution in [2.24, 2.45) is 0 Å². The van der Waals surface area contributed by atoms with E-state index in [0.29, 0.717) is 19.5 Å². The lowest BCUT2D eigenvalue weighted by Crippen LogP contribution is -2.18. The molecular weight excluding hydrogens is 244 g/mol. The van der Waals surface area contributed by atoms with E-state index in [9.17, 15) is 4.79 Å². The smallest absolute Gasteiger partial charge is 0.306 e. The average Bonchev–Trinajstić information content (AvgIpc) is 2.92. The van der Waals surface area contributed by atoms with Crippen LogP contribution in [0.5, 0.6) is 0 Å². The molecule has 0 bridgehead atoms. The Bertz CT molecular complexity index is 524. The van der Waals surface area contributed by atoms with Crippen LogP contribution in [-0.4, -0.2) is 34.8 Å². The number of carbonyl (C=O) groups excluding carboxylic acids is 1. The van der Waals surface area contributed by atoms with Gasteiger partial charge in [-0.15, -0.1) is 0 Å². The lowest BCUT2D eigenvalue weighted by atomic mass is 10.1. The number of carbonyl (C=O) groups is 1. The van der Waals surface area contributed by atoms with Crippen LogP contribution in [0.15, 0.2) is 30.7 Å². The second kappa shape index (κ2) is 6.65. The van der Waals surface area contributed by atoms with Crippen molar-refractivity contribution in [1.82, 2.24) is 20.5 Å². The van der Waals surface area contributed by atoms with Crippen molar-refractivity contribution in [3.63, 3.8) is 0 Å². The van der Waals surface area contributed by atoms with Gasteiger partial charge in [0.25, 0.3) is 0 Å². The molecule has 0 aliphatic carbocycles. The van der Waals surface area contributed by atoms with Crippen LogP contribution in [0.4, 0.5) is 0 Å². The first-order valence-corrected chi connectivity index (χ1v) is 6.01. The molecule has 6 heteroatoms. The fourth-order valence-corrected chi connectivity index (χ4v) is 1.72. The van der Waals surface area contributed by atoms with Crippen LogP contribution in [0.2, 0.25) is 0 Å². The molecule has 0 radical (unpaired) electrons. The fraction of sp³-hybridized carbons (Fsp3) is 0.308. The van der Waals surface area contributed by atoms with E-state index in [1.165, 1.54) is 7.11 Å². The zero-order valence-corrected chi connectivity index (χ0v) is 10.7. The van der Waals surface area contributed by atoms with Crippen LogP contribution in [0.25, 0.3) is 11.3 Å². The summed E-state index contributed by atoms with van der Waals surface area (Å²) in [6.07, 6.45) is 5.64. The SMILES string of the molecule is COC(=O)CCNCc1cn[nH]c1-c1cccnc1. The van der Waals surface area contributed by atoms with E-state index in [0.717, 1.165) is 16.8 Å². The van der Waals surface area contributed by atoms with E-state index in [1.807, 2.05) is 12.1 Å². The van der Waals surface area contributed by atoms with Gasteiger partial charge in [0.1, 0.15) is 0 Å². The lowest BCUT2D eigenvalue weighted by Gasteiger charge is -2.05. The molecule has 0 fully saturated rings. The van der Waals surface area contributed by atoms with Crippen LogP contribution in [0, 0.1) is 0 Å². The third-order valence-corrected chi connectivity index (χ3v) is 2.72. The largest absolute Gasteiger partial charge is 0.469 e. The molecule has 0 amide bonds. The van der Waals surface area contributed by atoms with Crippen molar-refractivity contribution in [3.8, 4) is 11.3 Å². The molecule has 2 N–H and O–H groups in total. The normalized spacial score (nSPS) is 10.4. The highest BCUT2D eigenvalue weighted by molar-refractivity contribution is 5.69. The third-order valence-electron chi connectivity index (χ3n) is 2.72. The maximum Gasteiger partial charge on any atom is 0.306 e. The zero-order valence-electron chi connectivity index (χ0n) is 10.7. The number of H-pyrrole nitrogens is 1. The maximum atomic E-state index is 11.0. The van der Waals surface area contributed by atoms with Gasteiger partial charge in [-0.1, -0.05) is 0 Å². The summed E-state index contributed by atoms with van der Waals surface area (Å²) in [5.41, 5.74) is 2.97. The molecule has 0 aliphatic heterocycles. The Balaban J connectivity index is 1.92. The van der Waals surface area contributed by atoms with Crippen LogP contribution in [0.3, 0.4) is 0 Å². The summed E-state index contributed by atoms with van der Waals surface area (Å²) in [5, 5.41) is 10.2. The number of pyridine rings is 1. The number of aromatic amines is 1. The number of hydrogen-bond donors (Lipinski definition) is 2. The molecular formula is C13H16N4O2. The van der Waals surface area contributed by atoms with Crippen LogP contribution in [-0.2, 0) is 16.1 Å². The number of ether oxygens (including phenoxy) is 1. The standard InChI is InChI=1S/C13H16N4O2/c1-19-12(18)4-6-15-8-11-9-16-17-13(11)10-3-2-5-14-7-10/h2-3,5,7,9,15H,4,6,8H2,1H3,(H,16,17). The van der Waals surface area contributed by atoms with Gasteiger partial charge < -0.3 is 10.1 Å². The number of hydrogen-bond acceptors (Lipinski definition) is 5. The molecule has 6 nitrogen and oxygen atoms in total. The van der Waals surface area contributed by atoms with Gasteiger partial charge in [-0.2, -0.15) is 5.10 Å².